The highest BCUT2D eigenvalue weighted by Gasteiger charge is 2.41. The van der Waals surface area contributed by atoms with Crippen LogP contribution in [0.1, 0.15) is 29.9 Å². The van der Waals surface area contributed by atoms with Gasteiger partial charge in [0.1, 0.15) is 0 Å². The van der Waals surface area contributed by atoms with Gasteiger partial charge in [-0.25, -0.2) is 0 Å². The van der Waals surface area contributed by atoms with Gasteiger partial charge in [-0.3, -0.25) is 9.78 Å². The van der Waals surface area contributed by atoms with Crippen LogP contribution >= 0.6 is 11.6 Å². The SMILES string of the molecule is O=C(C(Cc1cccnc1)c1ccc(Cl)cc1)N1CCC2(CC1)OCCO2. The average molecular weight is 387 g/mol. The van der Waals surface area contributed by atoms with Crippen molar-refractivity contribution in [2.24, 2.45) is 0 Å². The number of nitrogens with zero attached hydrogens (tertiary/aromatic N) is 2. The fourth-order valence-electron chi connectivity index (χ4n) is 3.87. The van der Waals surface area contributed by atoms with Crippen molar-refractivity contribution in [1.82, 2.24) is 9.88 Å². The summed E-state index contributed by atoms with van der Waals surface area (Å²) < 4.78 is 11.6. The Kier molecular flexibility index (Phi) is 5.43. The second-order valence-electron chi connectivity index (χ2n) is 7.10. The highest BCUT2D eigenvalue weighted by molar-refractivity contribution is 6.30. The van der Waals surface area contributed by atoms with Crippen LogP contribution in [0.25, 0.3) is 0 Å². The van der Waals surface area contributed by atoms with E-state index in [9.17, 15) is 4.79 Å². The lowest BCUT2D eigenvalue weighted by Gasteiger charge is -2.39. The Bertz CT molecular complexity index is 766. The smallest absolute Gasteiger partial charge is 0.230 e. The molecule has 0 saturated carbocycles. The Labute approximate surface area is 164 Å². The number of rotatable bonds is 4. The maximum atomic E-state index is 13.4. The number of hydrogen-bond donors (Lipinski definition) is 0. The molecular weight excluding hydrogens is 364 g/mol. The van der Waals surface area contributed by atoms with E-state index in [4.69, 9.17) is 21.1 Å². The topological polar surface area (TPSA) is 51.7 Å². The summed E-state index contributed by atoms with van der Waals surface area (Å²) >= 11 is 6.04. The molecule has 0 bridgehead atoms. The normalized spacial score (nSPS) is 20.0. The first-order valence-electron chi connectivity index (χ1n) is 9.36. The highest BCUT2D eigenvalue weighted by atomic mass is 35.5. The van der Waals surface area contributed by atoms with E-state index >= 15 is 0 Å². The van der Waals surface area contributed by atoms with Crippen LogP contribution in [0.15, 0.2) is 48.8 Å². The molecule has 3 heterocycles. The van der Waals surface area contributed by atoms with Crippen LogP contribution in [0.2, 0.25) is 5.02 Å². The molecule has 4 rings (SSSR count). The number of halogens is 1. The molecular formula is C21H23ClN2O3. The van der Waals surface area contributed by atoms with Crippen molar-refractivity contribution in [2.75, 3.05) is 26.3 Å². The van der Waals surface area contributed by atoms with Crippen LogP contribution in [0, 0.1) is 0 Å². The summed E-state index contributed by atoms with van der Waals surface area (Å²) in [5.41, 5.74) is 2.02. The predicted molar refractivity (Wildman–Crippen MR) is 103 cm³/mol. The van der Waals surface area contributed by atoms with Crippen LogP contribution < -0.4 is 0 Å². The van der Waals surface area contributed by atoms with Gasteiger partial charge in [0.15, 0.2) is 5.79 Å². The fraction of sp³-hybridized carbons (Fsp3) is 0.429. The molecule has 1 unspecified atom stereocenters. The van der Waals surface area contributed by atoms with E-state index in [2.05, 4.69) is 4.98 Å². The first-order valence-corrected chi connectivity index (χ1v) is 9.74. The standard InChI is InChI=1S/C21H23ClN2O3/c22-18-5-3-17(4-6-18)19(14-16-2-1-9-23-15-16)20(25)24-10-7-21(8-11-24)26-12-13-27-21/h1-6,9,15,19H,7-8,10-14H2. The Balaban J connectivity index is 1.52. The lowest BCUT2D eigenvalue weighted by atomic mass is 9.90. The molecule has 1 spiro atoms. The number of likely N-dealkylation sites (tertiary alicyclic amines) is 1. The Morgan fingerprint density at radius 2 is 1.85 bits per heavy atom. The monoisotopic (exact) mass is 386 g/mol. The molecule has 0 aliphatic carbocycles. The van der Waals surface area contributed by atoms with Crippen molar-refractivity contribution in [3.8, 4) is 0 Å². The molecule has 2 aromatic rings. The largest absolute Gasteiger partial charge is 0.347 e. The maximum Gasteiger partial charge on any atom is 0.230 e. The molecule has 5 nitrogen and oxygen atoms in total. The molecule has 1 atom stereocenters. The van der Waals surface area contributed by atoms with E-state index in [0.717, 1.165) is 24.0 Å². The van der Waals surface area contributed by atoms with Gasteiger partial charge in [0.05, 0.1) is 19.1 Å². The van der Waals surface area contributed by atoms with Gasteiger partial charge in [-0.15, -0.1) is 0 Å². The quantitative estimate of drug-likeness (QED) is 0.807. The average Bonchev–Trinajstić information content (AvgIpc) is 3.16. The summed E-state index contributed by atoms with van der Waals surface area (Å²) in [5, 5.41) is 0.668. The fourth-order valence-corrected chi connectivity index (χ4v) is 4.00. The summed E-state index contributed by atoms with van der Waals surface area (Å²) in [5.74, 6) is -0.601. The third-order valence-corrected chi connectivity index (χ3v) is 5.64. The van der Waals surface area contributed by atoms with E-state index < -0.39 is 5.79 Å². The van der Waals surface area contributed by atoms with Crippen LogP contribution in [0.4, 0.5) is 0 Å². The van der Waals surface area contributed by atoms with Gasteiger partial charge in [0, 0.05) is 43.3 Å². The van der Waals surface area contributed by atoms with Crippen molar-refractivity contribution in [3.05, 3.63) is 64.9 Å². The zero-order valence-corrected chi connectivity index (χ0v) is 15.9. The molecule has 2 fully saturated rings. The zero-order chi connectivity index (χ0) is 18.7. The number of hydrogen-bond acceptors (Lipinski definition) is 4. The molecule has 1 aromatic heterocycles. The minimum atomic E-state index is -0.476. The van der Waals surface area contributed by atoms with Crippen LogP contribution in [-0.4, -0.2) is 47.9 Å². The van der Waals surface area contributed by atoms with Gasteiger partial charge in [0.2, 0.25) is 5.91 Å². The second-order valence-corrected chi connectivity index (χ2v) is 7.54. The molecule has 142 valence electrons. The van der Waals surface area contributed by atoms with Crippen LogP contribution in [-0.2, 0) is 20.7 Å². The van der Waals surface area contributed by atoms with Crippen LogP contribution in [0.3, 0.4) is 0 Å². The van der Waals surface area contributed by atoms with Gasteiger partial charge in [-0.05, 0) is 35.7 Å². The second kappa shape index (κ2) is 7.97. The van der Waals surface area contributed by atoms with Gasteiger partial charge >= 0.3 is 0 Å². The molecule has 2 aliphatic rings. The van der Waals surface area contributed by atoms with Gasteiger partial charge < -0.3 is 14.4 Å². The number of aromatic nitrogens is 1. The van der Waals surface area contributed by atoms with Gasteiger partial charge in [-0.2, -0.15) is 0 Å². The first kappa shape index (κ1) is 18.4. The van der Waals surface area contributed by atoms with Crippen molar-refractivity contribution in [3.63, 3.8) is 0 Å². The number of pyridine rings is 1. The summed E-state index contributed by atoms with van der Waals surface area (Å²) in [6.45, 7) is 2.58. The predicted octanol–water partition coefficient (Wildman–Crippen LogP) is 3.43. The van der Waals surface area contributed by atoms with E-state index in [-0.39, 0.29) is 11.8 Å². The van der Waals surface area contributed by atoms with E-state index in [0.29, 0.717) is 37.7 Å². The lowest BCUT2D eigenvalue weighted by molar-refractivity contribution is -0.187. The molecule has 0 N–H and O–H groups in total. The third-order valence-electron chi connectivity index (χ3n) is 5.38. The van der Waals surface area contributed by atoms with Crippen LogP contribution in [0.5, 0.6) is 0 Å². The minimum Gasteiger partial charge on any atom is -0.347 e. The van der Waals surface area contributed by atoms with Gasteiger partial charge in [0.25, 0.3) is 0 Å². The van der Waals surface area contributed by atoms with Crippen molar-refractivity contribution >= 4 is 17.5 Å². The number of carbonyl (C=O) groups is 1. The lowest BCUT2D eigenvalue weighted by Crippen LogP contribution is -2.48. The molecule has 6 heteroatoms. The molecule has 1 aromatic carbocycles. The van der Waals surface area contributed by atoms with E-state index in [1.54, 1.807) is 6.20 Å². The van der Waals surface area contributed by atoms with Crippen molar-refractivity contribution in [2.45, 2.75) is 31.0 Å². The zero-order valence-electron chi connectivity index (χ0n) is 15.1. The Morgan fingerprint density at radius 3 is 2.48 bits per heavy atom. The summed E-state index contributed by atoms with van der Waals surface area (Å²) in [4.78, 5) is 19.5. The molecule has 2 aliphatic heterocycles. The summed E-state index contributed by atoms with van der Waals surface area (Å²) in [7, 11) is 0. The third kappa shape index (κ3) is 4.15. The Morgan fingerprint density at radius 1 is 1.15 bits per heavy atom. The minimum absolute atomic E-state index is 0.133. The number of ether oxygens (including phenoxy) is 2. The van der Waals surface area contributed by atoms with Crippen molar-refractivity contribution in [1.29, 1.82) is 0 Å². The summed E-state index contributed by atoms with van der Waals surface area (Å²) in [6.07, 6.45) is 5.62. The highest BCUT2D eigenvalue weighted by Crippen LogP contribution is 2.33. The Hall–Kier alpha value is -1.95. The number of piperidine rings is 1. The maximum absolute atomic E-state index is 13.4. The molecule has 2 saturated heterocycles. The number of carbonyl (C=O) groups excluding carboxylic acids is 1. The van der Waals surface area contributed by atoms with Gasteiger partial charge in [-0.1, -0.05) is 29.8 Å². The van der Waals surface area contributed by atoms with Crippen molar-refractivity contribution < 1.29 is 14.3 Å². The number of benzene rings is 1. The molecule has 1 amide bonds. The van der Waals surface area contributed by atoms with E-state index in [1.165, 1.54) is 0 Å². The number of amides is 1. The van der Waals surface area contributed by atoms with E-state index in [1.807, 2.05) is 47.5 Å². The summed E-state index contributed by atoms with van der Waals surface area (Å²) in [6, 6.07) is 11.5. The first-order chi connectivity index (χ1) is 13.2. The molecule has 0 radical (unpaired) electrons. The molecule has 27 heavy (non-hydrogen) atoms.